The summed E-state index contributed by atoms with van der Waals surface area (Å²) in [6.07, 6.45) is -5.74. The molecule has 0 aliphatic carbocycles. The molecule has 1 saturated heterocycles. The standard InChI is InChI=1S/C24H22F3N5O3/c25-24(26,27)18-9-5-4-8-17(18)23(34)32-14-12-31(13-15-32)20-11-10-19(29-30-20)21(22(28)33)35-16-6-2-1-3-7-16/h1-11,21H,12-15H2,(H2,28,33). The fraction of sp³-hybridized carbons (Fsp3) is 0.250. The molecule has 0 saturated carbocycles. The van der Waals surface area contributed by atoms with Crippen molar-refractivity contribution >= 4 is 17.6 Å². The zero-order valence-corrected chi connectivity index (χ0v) is 18.5. The van der Waals surface area contributed by atoms with Crippen LogP contribution in [0.25, 0.3) is 0 Å². The normalized spacial score (nSPS) is 14.9. The van der Waals surface area contributed by atoms with Crippen LogP contribution in [-0.4, -0.2) is 53.1 Å². The minimum Gasteiger partial charge on any atom is -0.474 e. The van der Waals surface area contributed by atoms with Crippen molar-refractivity contribution < 1.29 is 27.5 Å². The highest BCUT2D eigenvalue weighted by Crippen LogP contribution is 2.32. The summed E-state index contributed by atoms with van der Waals surface area (Å²) in [5.41, 5.74) is 4.40. The van der Waals surface area contributed by atoms with Crippen LogP contribution in [0.1, 0.15) is 27.7 Å². The van der Waals surface area contributed by atoms with Gasteiger partial charge in [0.05, 0.1) is 11.1 Å². The molecule has 0 bridgehead atoms. The number of carbonyl (C=O) groups excluding carboxylic acids is 2. The number of nitrogens with zero attached hydrogens (tertiary/aromatic N) is 4. The third-order valence-electron chi connectivity index (χ3n) is 5.55. The molecule has 2 N–H and O–H groups in total. The van der Waals surface area contributed by atoms with Crippen LogP contribution in [0.2, 0.25) is 0 Å². The van der Waals surface area contributed by atoms with Crippen LogP contribution in [-0.2, 0) is 11.0 Å². The highest BCUT2D eigenvalue weighted by atomic mass is 19.4. The van der Waals surface area contributed by atoms with Gasteiger partial charge >= 0.3 is 6.18 Å². The predicted molar refractivity (Wildman–Crippen MR) is 121 cm³/mol. The summed E-state index contributed by atoms with van der Waals surface area (Å²) in [6.45, 7) is 1.15. The van der Waals surface area contributed by atoms with Gasteiger partial charge in [-0.15, -0.1) is 10.2 Å². The van der Waals surface area contributed by atoms with Crippen molar-refractivity contribution in [2.24, 2.45) is 5.73 Å². The van der Waals surface area contributed by atoms with Crippen LogP contribution in [0.5, 0.6) is 5.75 Å². The number of para-hydroxylation sites is 1. The Kier molecular flexibility index (Phi) is 6.85. The Morgan fingerprint density at radius 2 is 1.54 bits per heavy atom. The molecule has 11 heteroatoms. The van der Waals surface area contributed by atoms with E-state index in [0.29, 0.717) is 24.7 Å². The summed E-state index contributed by atoms with van der Waals surface area (Å²) in [5.74, 6) is -0.432. The monoisotopic (exact) mass is 485 g/mol. The molecule has 1 unspecified atom stereocenters. The second-order valence-electron chi connectivity index (χ2n) is 7.85. The largest absolute Gasteiger partial charge is 0.474 e. The Bertz CT molecular complexity index is 1180. The first-order chi connectivity index (χ1) is 16.7. The minimum absolute atomic E-state index is 0.218. The number of hydrogen-bond acceptors (Lipinski definition) is 6. The molecular formula is C24H22F3N5O3. The van der Waals surface area contributed by atoms with E-state index in [4.69, 9.17) is 10.5 Å². The van der Waals surface area contributed by atoms with Crippen molar-refractivity contribution in [1.82, 2.24) is 15.1 Å². The lowest BCUT2D eigenvalue weighted by atomic mass is 10.1. The number of ether oxygens (including phenoxy) is 1. The average Bonchev–Trinajstić information content (AvgIpc) is 2.87. The topological polar surface area (TPSA) is 102 Å². The molecule has 8 nitrogen and oxygen atoms in total. The Morgan fingerprint density at radius 3 is 2.14 bits per heavy atom. The number of nitrogens with two attached hydrogens (primary N) is 1. The molecule has 1 aliphatic rings. The molecule has 1 aliphatic heterocycles. The summed E-state index contributed by atoms with van der Waals surface area (Å²) in [4.78, 5) is 27.9. The van der Waals surface area contributed by atoms with Crippen molar-refractivity contribution in [3.8, 4) is 5.75 Å². The highest BCUT2D eigenvalue weighted by Gasteiger charge is 2.36. The first kappa shape index (κ1) is 24.0. The van der Waals surface area contributed by atoms with Crippen LogP contribution in [0.4, 0.5) is 19.0 Å². The average molecular weight is 485 g/mol. The van der Waals surface area contributed by atoms with E-state index in [-0.39, 0.29) is 24.3 Å². The number of benzene rings is 2. The summed E-state index contributed by atoms with van der Waals surface area (Å²) in [6, 6.07) is 16.7. The van der Waals surface area contributed by atoms with Gasteiger partial charge < -0.3 is 20.3 Å². The van der Waals surface area contributed by atoms with E-state index in [0.717, 1.165) is 6.07 Å². The second-order valence-corrected chi connectivity index (χ2v) is 7.85. The maximum absolute atomic E-state index is 13.3. The summed E-state index contributed by atoms with van der Waals surface area (Å²) < 4.78 is 45.5. The van der Waals surface area contributed by atoms with Gasteiger partial charge in [0.1, 0.15) is 11.4 Å². The third-order valence-corrected chi connectivity index (χ3v) is 5.55. The number of rotatable bonds is 6. The molecule has 1 aromatic heterocycles. The Balaban J connectivity index is 1.41. The van der Waals surface area contributed by atoms with E-state index < -0.39 is 29.7 Å². The van der Waals surface area contributed by atoms with Crippen molar-refractivity contribution in [3.05, 3.63) is 83.6 Å². The molecule has 2 aromatic carbocycles. The quantitative estimate of drug-likeness (QED) is 0.576. The van der Waals surface area contributed by atoms with E-state index >= 15 is 0 Å². The van der Waals surface area contributed by atoms with E-state index in [1.54, 1.807) is 36.4 Å². The predicted octanol–water partition coefficient (Wildman–Crippen LogP) is 3.06. The van der Waals surface area contributed by atoms with Crippen LogP contribution >= 0.6 is 0 Å². The number of carbonyl (C=O) groups is 2. The van der Waals surface area contributed by atoms with Gasteiger partial charge in [0.2, 0.25) is 6.10 Å². The molecule has 182 valence electrons. The number of piperazine rings is 1. The molecule has 2 heterocycles. The number of amides is 2. The lowest BCUT2D eigenvalue weighted by Gasteiger charge is -2.35. The SMILES string of the molecule is NC(=O)C(Oc1ccccc1)c1ccc(N2CCN(C(=O)c3ccccc3C(F)(F)F)CC2)nn1. The molecule has 1 atom stereocenters. The first-order valence-electron chi connectivity index (χ1n) is 10.8. The molecule has 4 rings (SSSR count). The van der Waals surface area contributed by atoms with Crippen molar-refractivity contribution in [2.75, 3.05) is 31.1 Å². The number of aromatic nitrogens is 2. The maximum atomic E-state index is 13.3. The number of primary amides is 1. The number of halogens is 3. The van der Waals surface area contributed by atoms with Crippen molar-refractivity contribution in [3.63, 3.8) is 0 Å². The van der Waals surface area contributed by atoms with E-state index in [1.165, 1.54) is 23.1 Å². The Morgan fingerprint density at radius 1 is 0.886 bits per heavy atom. The third kappa shape index (κ3) is 5.51. The van der Waals surface area contributed by atoms with E-state index in [1.807, 2.05) is 11.0 Å². The zero-order valence-electron chi connectivity index (χ0n) is 18.5. The van der Waals surface area contributed by atoms with E-state index in [2.05, 4.69) is 10.2 Å². The molecule has 0 spiro atoms. The number of alkyl halides is 3. The lowest BCUT2D eigenvalue weighted by Crippen LogP contribution is -2.49. The van der Waals surface area contributed by atoms with Gasteiger partial charge in [-0.3, -0.25) is 9.59 Å². The van der Waals surface area contributed by atoms with Gasteiger partial charge in [-0.1, -0.05) is 30.3 Å². The van der Waals surface area contributed by atoms with Gasteiger partial charge in [0.25, 0.3) is 11.8 Å². The fourth-order valence-electron chi connectivity index (χ4n) is 3.77. The van der Waals surface area contributed by atoms with Gasteiger partial charge in [-0.25, -0.2) is 0 Å². The van der Waals surface area contributed by atoms with Gasteiger partial charge in [-0.05, 0) is 36.4 Å². The van der Waals surface area contributed by atoms with Crippen molar-refractivity contribution in [1.29, 1.82) is 0 Å². The summed E-state index contributed by atoms with van der Waals surface area (Å²) >= 11 is 0. The molecular weight excluding hydrogens is 463 g/mol. The summed E-state index contributed by atoms with van der Waals surface area (Å²) in [7, 11) is 0. The first-order valence-corrected chi connectivity index (χ1v) is 10.8. The minimum atomic E-state index is -4.61. The second kappa shape index (κ2) is 10.00. The van der Waals surface area contributed by atoms with Gasteiger partial charge in [0.15, 0.2) is 5.82 Å². The smallest absolute Gasteiger partial charge is 0.417 e. The van der Waals surface area contributed by atoms with E-state index in [9.17, 15) is 22.8 Å². The zero-order chi connectivity index (χ0) is 25.0. The maximum Gasteiger partial charge on any atom is 0.417 e. The van der Waals surface area contributed by atoms with Crippen LogP contribution in [0, 0.1) is 0 Å². The number of anilines is 1. The van der Waals surface area contributed by atoms with Gasteiger partial charge in [0, 0.05) is 26.2 Å². The highest BCUT2D eigenvalue weighted by molar-refractivity contribution is 5.96. The van der Waals surface area contributed by atoms with Gasteiger partial charge in [-0.2, -0.15) is 13.2 Å². The molecule has 35 heavy (non-hydrogen) atoms. The van der Waals surface area contributed by atoms with Crippen LogP contribution in [0.3, 0.4) is 0 Å². The number of hydrogen-bond donors (Lipinski definition) is 1. The molecule has 2 amide bonds. The lowest BCUT2D eigenvalue weighted by molar-refractivity contribution is -0.138. The Labute approximate surface area is 199 Å². The van der Waals surface area contributed by atoms with Crippen LogP contribution in [0.15, 0.2) is 66.7 Å². The van der Waals surface area contributed by atoms with Crippen LogP contribution < -0.4 is 15.4 Å². The fourth-order valence-corrected chi connectivity index (χ4v) is 3.77. The molecule has 3 aromatic rings. The van der Waals surface area contributed by atoms with Crippen molar-refractivity contribution in [2.45, 2.75) is 12.3 Å². The Hall–Kier alpha value is -4.15. The molecule has 0 radical (unpaired) electrons. The summed E-state index contributed by atoms with van der Waals surface area (Å²) in [5, 5.41) is 8.25. The molecule has 1 fully saturated rings.